The summed E-state index contributed by atoms with van der Waals surface area (Å²) in [5.74, 6) is 1.35. The van der Waals surface area contributed by atoms with Gasteiger partial charge in [0.1, 0.15) is 12.4 Å². The van der Waals surface area contributed by atoms with Gasteiger partial charge in [-0.15, -0.1) is 11.6 Å². The smallest absolute Gasteiger partial charge is 0.189 e. The number of benzene rings is 2. The van der Waals surface area contributed by atoms with Crippen LogP contribution in [-0.4, -0.2) is 18.3 Å². The molecule has 21 heavy (non-hydrogen) atoms. The van der Waals surface area contributed by atoms with Crippen molar-refractivity contribution in [1.82, 2.24) is 0 Å². The first kappa shape index (κ1) is 13.9. The molecule has 0 aliphatic heterocycles. The molecule has 0 aromatic heterocycles. The van der Waals surface area contributed by atoms with E-state index in [0.29, 0.717) is 18.9 Å². The maximum atomic E-state index is 12.3. The molecule has 0 radical (unpaired) electrons. The van der Waals surface area contributed by atoms with Gasteiger partial charge in [0.25, 0.3) is 0 Å². The molecule has 0 N–H and O–H groups in total. The molecule has 1 aliphatic rings. The van der Waals surface area contributed by atoms with E-state index < -0.39 is 0 Å². The van der Waals surface area contributed by atoms with Crippen molar-refractivity contribution in [2.75, 3.05) is 12.5 Å². The molecule has 0 saturated carbocycles. The van der Waals surface area contributed by atoms with Crippen LogP contribution in [0.3, 0.4) is 0 Å². The number of carbonyl (C=O) groups is 1. The van der Waals surface area contributed by atoms with Crippen LogP contribution >= 0.6 is 11.6 Å². The Balaban J connectivity index is 1.85. The number of hydrogen-bond acceptors (Lipinski definition) is 2. The van der Waals surface area contributed by atoms with Crippen LogP contribution < -0.4 is 4.74 Å². The number of carbonyl (C=O) groups excluding carboxylic acids is 1. The maximum Gasteiger partial charge on any atom is 0.189 e. The van der Waals surface area contributed by atoms with Crippen molar-refractivity contribution in [2.45, 2.75) is 6.42 Å². The molecule has 3 rings (SSSR count). The summed E-state index contributed by atoms with van der Waals surface area (Å²) in [6.45, 7) is 0.478. The normalized spacial score (nSPS) is 15.3. The molecule has 2 aromatic carbocycles. The fourth-order valence-corrected chi connectivity index (χ4v) is 2.60. The monoisotopic (exact) mass is 298 g/mol. The van der Waals surface area contributed by atoms with Gasteiger partial charge in [0.2, 0.25) is 0 Å². The summed E-state index contributed by atoms with van der Waals surface area (Å²) in [6, 6.07) is 15.5. The zero-order valence-electron chi connectivity index (χ0n) is 11.5. The number of rotatable bonds is 4. The van der Waals surface area contributed by atoms with E-state index in [9.17, 15) is 4.79 Å². The highest BCUT2D eigenvalue weighted by Crippen LogP contribution is 2.28. The molecule has 0 bridgehead atoms. The highest BCUT2D eigenvalue weighted by Gasteiger charge is 2.23. The summed E-state index contributed by atoms with van der Waals surface area (Å²) in [4.78, 5) is 12.3. The van der Waals surface area contributed by atoms with Crippen LogP contribution in [0.5, 0.6) is 5.75 Å². The van der Waals surface area contributed by atoms with Gasteiger partial charge in [-0.3, -0.25) is 4.79 Å². The third-order valence-corrected chi connectivity index (χ3v) is 3.63. The van der Waals surface area contributed by atoms with Crippen molar-refractivity contribution in [3.63, 3.8) is 0 Å². The van der Waals surface area contributed by atoms with Crippen molar-refractivity contribution in [3.05, 3.63) is 70.8 Å². The first-order valence-corrected chi connectivity index (χ1v) is 7.43. The second kappa shape index (κ2) is 6.15. The molecule has 0 unspecified atom stereocenters. The van der Waals surface area contributed by atoms with Crippen LogP contribution in [0.1, 0.15) is 21.5 Å². The molecule has 0 spiro atoms. The quantitative estimate of drug-likeness (QED) is 0.627. The van der Waals surface area contributed by atoms with Crippen LogP contribution in [0.25, 0.3) is 6.08 Å². The Bertz CT molecular complexity index is 704. The fraction of sp³-hybridized carbons (Fsp3) is 0.167. The van der Waals surface area contributed by atoms with Crippen molar-refractivity contribution < 1.29 is 9.53 Å². The summed E-state index contributed by atoms with van der Waals surface area (Å²) >= 11 is 5.62. The van der Waals surface area contributed by atoms with Crippen molar-refractivity contribution in [1.29, 1.82) is 0 Å². The molecule has 2 aromatic rings. The largest absolute Gasteiger partial charge is 0.492 e. The molecule has 0 fully saturated rings. The molecule has 0 heterocycles. The lowest BCUT2D eigenvalue weighted by Gasteiger charge is -2.04. The summed E-state index contributed by atoms with van der Waals surface area (Å²) in [5.41, 5.74) is 3.71. The van der Waals surface area contributed by atoms with E-state index in [4.69, 9.17) is 16.3 Å². The van der Waals surface area contributed by atoms with E-state index in [1.54, 1.807) is 0 Å². The third kappa shape index (κ3) is 3.01. The maximum absolute atomic E-state index is 12.3. The number of halogens is 1. The lowest BCUT2D eigenvalue weighted by atomic mass is 10.1. The number of allylic oxidation sites excluding steroid dienone is 1. The topological polar surface area (TPSA) is 26.3 Å². The minimum atomic E-state index is 0.123. The van der Waals surface area contributed by atoms with Gasteiger partial charge in [-0.1, -0.05) is 36.4 Å². The molecule has 106 valence electrons. The van der Waals surface area contributed by atoms with Gasteiger partial charge in [-0.25, -0.2) is 0 Å². The summed E-state index contributed by atoms with van der Waals surface area (Å²) in [6.07, 6.45) is 2.64. The SMILES string of the molecule is O=C1C(=Cc2cccc(OCCCl)c2)Cc2ccccc21. The standard InChI is InChI=1S/C18H15ClO2/c19-8-9-21-16-6-3-4-13(11-16)10-15-12-14-5-1-2-7-17(14)18(15)20/h1-7,10-11H,8-9,12H2. The van der Waals surface area contributed by atoms with E-state index in [1.165, 1.54) is 0 Å². The predicted molar refractivity (Wildman–Crippen MR) is 85.1 cm³/mol. The Morgan fingerprint density at radius 2 is 2.00 bits per heavy atom. The van der Waals surface area contributed by atoms with E-state index >= 15 is 0 Å². The van der Waals surface area contributed by atoms with Crippen LogP contribution in [-0.2, 0) is 6.42 Å². The zero-order valence-corrected chi connectivity index (χ0v) is 12.3. The van der Waals surface area contributed by atoms with Gasteiger partial charge in [-0.2, -0.15) is 0 Å². The minimum absolute atomic E-state index is 0.123. The van der Waals surface area contributed by atoms with E-state index in [2.05, 4.69) is 0 Å². The van der Waals surface area contributed by atoms with Crippen LogP contribution in [0.15, 0.2) is 54.1 Å². The number of ether oxygens (including phenoxy) is 1. The van der Waals surface area contributed by atoms with Crippen molar-refractivity contribution in [2.24, 2.45) is 0 Å². The zero-order chi connectivity index (χ0) is 14.7. The van der Waals surface area contributed by atoms with Gasteiger partial charge in [0, 0.05) is 17.6 Å². The van der Waals surface area contributed by atoms with Gasteiger partial charge in [0.15, 0.2) is 5.78 Å². The van der Waals surface area contributed by atoms with Crippen molar-refractivity contribution in [3.8, 4) is 5.75 Å². The summed E-state index contributed by atoms with van der Waals surface area (Å²) in [7, 11) is 0. The predicted octanol–water partition coefficient (Wildman–Crippen LogP) is 4.13. The lowest BCUT2D eigenvalue weighted by Crippen LogP contribution is -1.98. The highest BCUT2D eigenvalue weighted by atomic mass is 35.5. The average molecular weight is 299 g/mol. The third-order valence-electron chi connectivity index (χ3n) is 3.48. The number of alkyl halides is 1. The lowest BCUT2D eigenvalue weighted by molar-refractivity contribution is 0.104. The Hall–Kier alpha value is -2.06. The minimum Gasteiger partial charge on any atom is -0.492 e. The Kier molecular flexibility index (Phi) is 4.07. The molecule has 0 saturated heterocycles. The summed E-state index contributed by atoms with van der Waals surface area (Å²) in [5, 5.41) is 0. The van der Waals surface area contributed by atoms with Gasteiger partial charge in [0.05, 0.1) is 5.88 Å². The van der Waals surface area contributed by atoms with E-state index in [-0.39, 0.29) is 5.78 Å². The number of hydrogen-bond donors (Lipinski definition) is 0. The second-order valence-electron chi connectivity index (χ2n) is 4.94. The van der Waals surface area contributed by atoms with Crippen LogP contribution in [0, 0.1) is 0 Å². The van der Waals surface area contributed by atoms with Crippen LogP contribution in [0.2, 0.25) is 0 Å². The first-order valence-electron chi connectivity index (χ1n) is 6.90. The number of Topliss-reactive ketones (excluding diaryl/α,β-unsaturated/α-hetero) is 1. The van der Waals surface area contributed by atoms with E-state index in [0.717, 1.165) is 28.0 Å². The van der Waals surface area contributed by atoms with Crippen molar-refractivity contribution >= 4 is 23.5 Å². The van der Waals surface area contributed by atoms with Gasteiger partial charge >= 0.3 is 0 Å². The number of fused-ring (bicyclic) bond motifs is 1. The Morgan fingerprint density at radius 3 is 2.81 bits per heavy atom. The first-order chi connectivity index (χ1) is 10.3. The molecule has 3 heteroatoms. The summed E-state index contributed by atoms with van der Waals surface area (Å²) < 4.78 is 5.50. The van der Waals surface area contributed by atoms with E-state index in [1.807, 2.05) is 54.6 Å². The number of ketones is 1. The molecular weight excluding hydrogens is 284 g/mol. The average Bonchev–Trinajstić information content (AvgIpc) is 2.82. The Morgan fingerprint density at radius 1 is 1.14 bits per heavy atom. The second-order valence-corrected chi connectivity index (χ2v) is 5.32. The molecule has 0 atom stereocenters. The van der Waals surface area contributed by atoms with Gasteiger partial charge in [-0.05, 0) is 29.3 Å². The van der Waals surface area contributed by atoms with Crippen LogP contribution in [0.4, 0.5) is 0 Å². The molecule has 0 amide bonds. The molecule has 1 aliphatic carbocycles. The Labute approximate surface area is 129 Å². The molecular formula is C18H15ClO2. The van der Waals surface area contributed by atoms with Gasteiger partial charge < -0.3 is 4.74 Å². The molecule has 2 nitrogen and oxygen atoms in total. The fourth-order valence-electron chi connectivity index (χ4n) is 2.52. The highest BCUT2D eigenvalue weighted by molar-refractivity contribution is 6.18.